The van der Waals surface area contributed by atoms with Gasteiger partial charge in [-0.15, -0.1) is 0 Å². The van der Waals surface area contributed by atoms with Crippen LogP contribution in [0.2, 0.25) is 0 Å². The lowest BCUT2D eigenvalue weighted by molar-refractivity contribution is 0.665. The minimum absolute atomic E-state index is 0.872. The van der Waals surface area contributed by atoms with Gasteiger partial charge in [-0.2, -0.15) is 0 Å². The third-order valence-electron chi connectivity index (χ3n) is 10.5. The summed E-state index contributed by atoms with van der Waals surface area (Å²) in [4.78, 5) is 0. The maximum absolute atomic E-state index is 6.67. The predicted octanol–water partition coefficient (Wildman–Crippen LogP) is 13.9. The van der Waals surface area contributed by atoms with Crippen molar-refractivity contribution in [2.24, 2.45) is 0 Å². The SMILES string of the molecule is c1ccc(-c2c3ccccc3c(-c3ccc(-c4ccc5oc6c(c5c4)c4ccccc4c4oc5ccccc5c46)cc3)c3ccccc23)cc1. The van der Waals surface area contributed by atoms with Crippen LogP contribution in [0.5, 0.6) is 0 Å². The fourth-order valence-electron chi connectivity index (χ4n) is 8.26. The molecular formula is C48H28O2. The maximum Gasteiger partial charge on any atom is 0.147 e. The van der Waals surface area contributed by atoms with Crippen LogP contribution in [-0.4, -0.2) is 0 Å². The van der Waals surface area contributed by atoms with Gasteiger partial charge in [0.1, 0.15) is 22.3 Å². The van der Waals surface area contributed by atoms with Crippen LogP contribution in [0, 0.1) is 0 Å². The van der Waals surface area contributed by atoms with Crippen LogP contribution in [0.25, 0.3) is 110 Å². The topological polar surface area (TPSA) is 26.3 Å². The Morgan fingerprint density at radius 1 is 0.260 bits per heavy atom. The molecule has 0 amide bonds. The summed E-state index contributed by atoms with van der Waals surface area (Å²) in [6, 6.07) is 60.8. The summed E-state index contributed by atoms with van der Waals surface area (Å²) in [7, 11) is 0. The molecule has 2 nitrogen and oxygen atoms in total. The first kappa shape index (κ1) is 27.3. The zero-order valence-corrected chi connectivity index (χ0v) is 27.0. The second-order valence-electron chi connectivity index (χ2n) is 13.1. The van der Waals surface area contributed by atoms with Gasteiger partial charge in [0, 0.05) is 21.5 Å². The standard InChI is InChI=1S/C48H28O2/c1-2-12-30(13-3-1)43-33-14-4-6-16-35(33)44(36-17-7-5-15-34(36)43)31-24-22-29(23-25-31)32-26-27-42-40(28-32)45-37-18-8-9-19-38(37)47-46(48(45)50-42)39-20-10-11-21-41(39)49-47/h1-28H. The van der Waals surface area contributed by atoms with Crippen molar-refractivity contribution in [1.82, 2.24) is 0 Å². The lowest BCUT2D eigenvalue weighted by Gasteiger charge is -2.18. The van der Waals surface area contributed by atoms with E-state index in [1.54, 1.807) is 0 Å². The summed E-state index contributed by atoms with van der Waals surface area (Å²) < 4.78 is 13.1. The fourth-order valence-corrected chi connectivity index (χ4v) is 8.26. The predicted molar refractivity (Wildman–Crippen MR) is 210 cm³/mol. The smallest absolute Gasteiger partial charge is 0.147 e. The van der Waals surface area contributed by atoms with Crippen molar-refractivity contribution in [3.63, 3.8) is 0 Å². The zero-order chi connectivity index (χ0) is 32.8. The molecular weight excluding hydrogens is 609 g/mol. The largest absolute Gasteiger partial charge is 0.455 e. The van der Waals surface area contributed by atoms with Crippen LogP contribution in [0.3, 0.4) is 0 Å². The van der Waals surface area contributed by atoms with Crippen molar-refractivity contribution >= 4 is 76.2 Å². The molecule has 0 spiro atoms. The molecule has 0 bridgehead atoms. The molecule has 0 saturated heterocycles. The van der Waals surface area contributed by atoms with E-state index in [1.165, 1.54) is 49.4 Å². The molecule has 11 aromatic rings. The average Bonchev–Trinajstić information content (AvgIpc) is 3.76. The third-order valence-corrected chi connectivity index (χ3v) is 10.5. The Morgan fingerprint density at radius 2 is 0.720 bits per heavy atom. The van der Waals surface area contributed by atoms with Crippen LogP contribution in [-0.2, 0) is 0 Å². The number of rotatable bonds is 3. The van der Waals surface area contributed by atoms with Gasteiger partial charge in [0.2, 0.25) is 0 Å². The highest BCUT2D eigenvalue weighted by molar-refractivity contribution is 6.33. The monoisotopic (exact) mass is 636 g/mol. The van der Waals surface area contributed by atoms with Crippen molar-refractivity contribution in [2.45, 2.75) is 0 Å². The summed E-state index contributed by atoms with van der Waals surface area (Å²) in [5, 5.41) is 11.6. The summed E-state index contributed by atoms with van der Waals surface area (Å²) in [6.07, 6.45) is 0. The molecule has 9 aromatic carbocycles. The van der Waals surface area contributed by atoms with E-state index in [2.05, 4.69) is 158 Å². The van der Waals surface area contributed by atoms with Gasteiger partial charge < -0.3 is 8.83 Å². The molecule has 11 rings (SSSR count). The van der Waals surface area contributed by atoms with Gasteiger partial charge in [0.05, 0.1) is 5.39 Å². The molecule has 0 aliphatic rings. The molecule has 0 saturated carbocycles. The molecule has 232 valence electrons. The van der Waals surface area contributed by atoms with Crippen LogP contribution in [0.1, 0.15) is 0 Å². The summed E-state index contributed by atoms with van der Waals surface area (Å²) in [6.45, 7) is 0. The van der Waals surface area contributed by atoms with E-state index < -0.39 is 0 Å². The van der Waals surface area contributed by atoms with E-state index >= 15 is 0 Å². The van der Waals surface area contributed by atoms with Crippen molar-refractivity contribution in [1.29, 1.82) is 0 Å². The molecule has 0 fully saturated rings. The van der Waals surface area contributed by atoms with E-state index in [0.29, 0.717) is 0 Å². The molecule has 0 radical (unpaired) electrons. The second-order valence-corrected chi connectivity index (χ2v) is 13.1. The summed E-state index contributed by atoms with van der Waals surface area (Å²) in [5.41, 5.74) is 10.8. The van der Waals surface area contributed by atoms with E-state index in [1.807, 2.05) is 12.1 Å². The molecule has 0 N–H and O–H groups in total. The Morgan fingerprint density at radius 3 is 1.38 bits per heavy atom. The van der Waals surface area contributed by atoms with Gasteiger partial charge in [-0.25, -0.2) is 0 Å². The zero-order valence-electron chi connectivity index (χ0n) is 27.0. The van der Waals surface area contributed by atoms with Crippen LogP contribution < -0.4 is 0 Å². The molecule has 0 atom stereocenters. The van der Waals surface area contributed by atoms with Crippen LogP contribution >= 0.6 is 0 Å². The Hall–Kier alpha value is -6.64. The summed E-state index contributed by atoms with van der Waals surface area (Å²) >= 11 is 0. The van der Waals surface area contributed by atoms with Gasteiger partial charge in [-0.3, -0.25) is 0 Å². The second kappa shape index (κ2) is 10.4. The molecule has 0 unspecified atom stereocenters. The normalized spacial score (nSPS) is 12.0. The highest BCUT2D eigenvalue weighted by Gasteiger charge is 2.21. The number of hydrogen-bond acceptors (Lipinski definition) is 2. The van der Waals surface area contributed by atoms with Crippen molar-refractivity contribution < 1.29 is 8.83 Å². The quantitative estimate of drug-likeness (QED) is 0.180. The fraction of sp³-hybridized carbons (Fsp3) is 0. The van der Waals surface area contributed by atoms with Crippen molar-refractivity contribution in [3.8, 4) is 33.4 Å². The average molecular weight is 637 g/mol. The first-order valence-electron chi connectivity index (χ1n) is 17.1. The van der Waals surface area contributed by atoms with Gasteiger partial charge in [0.25, 0.3) is 0 Å². The molecule has 2 aromatic heterocycles. The van der Waals surface area contributed by atoms with Crippen LogP contribution in [0.15, 0.2) is 179 Å². The number of hydrogen-bond donors (Lipinski definition) is 0. The molecule has 0 aliphatic carbocycles. The summed E-state index contributed by atoms with van der Waals surface area (Å²) in [5.74, 6) is 0. The van der Waals surface area contributed by atoms with Crippen LogP contribution in [0.4, 0.5) is 0 Å². The lowest BCUT2D eigenvalue weighted by Crippen LogP contribution is -1.90. The van der Waals surface area contributed by atoms with Crippen molar-refractivity contribution in [3.05, 3.63) is 170 Å². The number of fused-ring (bicyclic) bond motifs is 12. The minimum atomic E-state index is 0.872. The Labute approximate surface area is 287 Å². The highest BCUT2D eigenvalue weighted by atomic mass is 16.3. The van der Waals surface area contributed by atoms with E-state index in [4.69, 9.17) is 8.83 Å². The maximum atomic E-state index is 6.67. The first-order chi connectivity index (χ1) is 24.8. The first-order valence-corrected chi connectivity index (χ1v) is 17.1. The van der Waals surface area contributed by atoms with Crippen molar-refractivity contribution in [2.75, 3.05) is 0 Å². The Bertz CT molecular complexity index is 3070. The molecule has 2 heterocycles. The van der Waals surface area contributed by atoms with E-state index in [0.717, 1.165) is 60.2 Å². The lowest BCUT2D eigenvalue weighted by atomic mass is 9.86. The van der Waals surface area contributed by atoms with Gasteiger partial charge >= 0.3 is 0 Å². The minimum Gasteiger partial charge on any atom is -0.455 e. The molecule has 0 aliphatic heterocycles. The molecule has 2 heteroatoms. The van der Waals surface area contributed by atoms with Gasteiger partial charge in [0.15, 0.2) is 0 Å². The number of furan rings is 2. The number of benzene rings is 9. The van der Waals surface area contributed by atoms with E-state index in [-0.39, 0.29) is 0 Å². The third kappa shape index (κ3) is 3.85. The van der Waals surface area contributed by atoms with Gasteiger partial charge in [-0.05, 0) is 78.5 Å². The Kier molecular flexibility index (Phi) is 5.70. The van der Waals surface area contributed by atoms with Gasteiger partial charge in [-0.1, -0.05) is 152 Å². The van der Waals surface area contributed by atoms with E-state index in [9.17, 15) is 0 Å². The highest BCUT2D eigenvalue weighted by Crippen LogP contribution is 2.46. The number of para-hydroxylation sites is 1. The Balaban J connectivity index is 1.10. The molecule has 50 heavy (non-hydrogen) atoms.